The maximum atomic E-state index is 12.6. The van der Waals surface area contributed by atoms with Crippen LogP contribution in [0, 0.1) is 5.92 Å². The Bertz CT molecular complexity index is 870. The third-order valence-electron chi connectivity index (χ3n) is 5.43. The lowest BCUT2D eigenvalue weighted by molar-refractivity contribution is -0.192. The number of aliphatic carboxylic acids is 1. The molecule has 174 valence electrons. The topological polar surface area (TPSA) is 114 Å². The molecule has 0 radical (unpaired) electrons. The van der Waals surface area contributed by atoms with Crippen LogP contribution in [0.5, 0.6) is 5.88 Å². The van der Waals surface area contributed by atoms with Gasteiger partial charge < -0.3 is 14.7 Å². The number of aromatic nitrogens is 1. The first-order valence-corrected chi connectivity index (χ1v) is 11.4. The highest BCUT2D eigenvalue weighted by Gasteiger charge is 2.62. The molecule has 0 aromatic carbocycles. The molecule has 31 heavy (non-hydrogen) atoms. The molecule has 0 bridgehead atoms. The molecule has 0 aliphatic carbocycles. The number of hydrogen-bond donors (Lipinski definition) is 1. The number of nitrogens with zero attached hydrogens (tertiary/aromatic N) is 2. The number of halogens is 3. The van der Waals surface area contributed by atoms with E-state index in [4.69, 9.17) is 14.6 Å². The largest absolute Gasteiger partial charge is 0.490 e. The van der Waals surface area contributed by atoms with Crippen molar-refractivity contribution in [3.05, 3.63) is 24.4 Å². The fourth-order valence-corrected chi connectivity index (χ4v) is 5.99. The first-order chi connectivity index (χ1) is 14.4. The van der Waals surface area contributed by atoms with Gasteiger partial charge in [0.2, 0.25) is 11.8 Å². The lowest BCUT2D eigenvalue weighted by Crippen LogP contribution is -2.68. The summed E-state index contributed by atoms with van der Waals surface area (Å²) < 4.78 is 61.7. The number of rotatable bonds is 6. The smallest absolute Gasteiger partial charge is 0.477 e. The molecule has 1 aromatic heterocycles. The highest BCUT2D eigenvalue weighted by molar-refractivity contribution is 7.93. The Labute approximate surface area is 178 Å². The molecule has 2 aliphatic rings. The van der Waals surface area contributed by atoms with E-state index >= 15 is 0 Å². The van der Waals surface area contributed by atoms with Crippen LogP contribution in [0.2, 0.25) is 0 Å². The van der Waals surface area contributed by atoms with Gasteiger partial charge in [-0.3, -0.25) is 4.79 Å². The summed E-state index contributed by atoms with van der Waals surface area (Å²) in [7, 11) is -3.18. The van der Waals surface area contributed by atoms with Crippen molar-refractivity contribution in [2.24, 2.45) is 5.92 Å². The predicted molar refractivity (Wildman–Crippen MR) is 104 cm³/mol. The number of hydrogen-bond acceptors (Lipinski definition) is 6. The number of ether oxygens (including phenoxy) is 1. The van der Waals surface area contributed by atoms with Gasteiger partial charge in [0.1, 0.15) is 4.75 Å². The molecule has 1 spiro atoms. The molecule has 1 atom stereocenters. The third kappa shape index (κ3) is 5.86. The highest BCUT2D eigenvalue weighted by Crippen LogP contribution is 2.45. The molecule has 1 amide bonds. The van der Waals surface area contributed by atoms with Crippen molar-refractivity contribution >= 4 is 21.7 Å². The summed E-state index contributed by atoms with van der Waals surface area (Å²) >= 11 is 0. The number of carbonyl (C=O) groups excluding carboxylic acids is 1. The molecule has 1 N–H and O–H groups in total. The molecule has 2 fully saturated rings. The average molecular weight is 466 g/mol. The average Bonchev–Trinajstić information content (AvgIpc) is 2.94. The highest BCUT2D eigenvalue weighted by atomic mass is 32.2. The van der Waals surface area contributed by atoms with Crippen LogP contribution in [0.25, 0.3) is 0 Å². The van der Waals surface area contributed by atoms with Crippen molar-refractivity contribution in [2.45, 2.75) is 43.5 Å². The quantitative estimate of drug-likeness (QED) is 0.684. The van der Waals surface area contributed by atoms with E-state index in [1.807, 2.05) is 13.0 Å². The first-order valence-electron chi connectivity index (χ1n) is 9.77. The maximum absolute atomic E-state index is 12.6. The fraction of sp³-hybridized carbons (Fsp3) is 0.632. The van der Waals surface area contributed by atoms with E-state index in [1.165, 1.54) is 0 Å². The molecule has 8 nitrogen and oxygen atoms in total. The number of sulfone groups is 1. The molecular weight excluding hydrogens is 441 g/mol. The van der Waals surface area contributed by atoms with Crippen LogP contribution in [0.15, 0.2) is 24.4 Å². The monoisotopic (exact) mass is 466 g/mol. The Hall–Kier alpha value is -2.37. The normalized spacial score (nSPS) is 21.0. The SMILES string of the molecule is CCCCC(=O)N1CC2(C1)C(COc1ccccn1)CCS2(=O)=O.O=C(O)C(F)(F)F. The van der Waals surface area contributed by atoms with Crippen molar-refractivity contribution in [3.8, 4) is 5.88 Å². The molecule has 3 rings (SSSR count). The summed E-state index contributed by atoms with van der Waals surface area (Å²) in [5.41, 5.74) is 0. The molecule has 2 aliphatic heterocycles. The second kappa shape index (κ2) is 9.84. The summed E-state index contributed by atoms with van der Waals surface area (Å²) in [6, 6.07) is 5.40. The van der Waals surface area contributed by atoms with E-state index in [0.29, 0.717) is 38.4 Å². The summed E-state index contributed by atoms with van der Waals surface area (Å²) in [5.74, 6) is -2.09. The maximum Gasteiger partial charge on any atom is 0.490 e. The number of likely N-dealkylation sites (tertiary alicyclic amines) is 1. The number of carbonyl (C=O) groups is 2. The van der Waals surface area contributed by atoms with E-state index in [0.717, 1.165) is 12.8 Å². The Morgan fingerprint density at radius 2 is 1.97 bits per heavy atom. The number of carboxylic acids is 1. The van der Waals surface area contributed by atoms with Crippen LogP contribution in [0.4, 0.5) is 13.2 Å². The van der Waals surface area contributed by atoms with Crippen molar-refractivity contribution in [1.82, 2.24) is 9.88 Å². The summed E-state index contributed by atoms with van der Waals surface area (Å²) in [5, 5.41) is 7.12. The number of unbranched alkanes of at least 4 members (excludes halogenated alkanes) is 1. The minimum atomic E-state index is -5.08. The summed E-state index contributed by atoms with van der Waals surface area (Å²) in [6.07, 6.45) is -0.535. The van der Waals surface area contributed by atoms with E-state index < -0.39 is 26.7 Å². The van der Waals surface area contributed by atoms with Gasteiger partial charge in [-0.05, 0) is 18.9 Å². The number of carboxylic acid groups (broad SMARTS) is 1. The Morgan fingerprint density at radius 1 is 1.32 bits per heavy atom. The molecule has 0 saturated carbocycles. The van der Waals surface area contributed by atoms with Gasteiger partial charge in [0.25, 0.3) is 0 Å². The minimum Gasteiger partial charge on any atom is -0.477 e. The van der Waals surface area contributed by atoms with Gasteiger partial charge in [0.15, 0.2) is 9.84 Å². The molecule has 2 saturated heterocycles. The Kier molecular flexibility index (Phi) is 7.90. The molecule has 1 unspecified atom stereocenters. The van der Waals surface area contributed by atoms with Crippen LogP contribution in [0.3, 0.4) is 0 Å². The van der Waals surface area contributed by atoms with Crippen LogP contribution in [-0.4, -0.2) is 71.7 Å². The van der Waals surface area contributed by atoms with Gasteiger partial charge in [-0.1, -0.05) is 19.4 Å². The van der Waals surface area contributed by atoms with Crippen LogP contribution >= 0.6 is 0 Å². The van der Waals surface area contributed by atoms with Gasteiger partial charge in [-0.15, -0.1) is 0 Å². The van der Waals surface area contributed by atoms with E-state index in [9.17, 15) is 26.4 Å². The minimum absolute atomic E-state index is 0.0639. The number of amides is 1. The van der Waals surface area contributed by atoms with E-state index in [1.54, 1.807) is 23.2 Å². The van der Waals surface area contributed by atoms with Gasteiger partial charge in [-0.2, -0.15) is 13.2 Å². The summed E-state index contributed by atoms with van der Waals surface area (Å²) in [4.78, 5) is 26.8. The van der Waals surface area contributed by atoms with Gasteiger partial charge in [0, 0.05) is 37.7 Å². The Balaban J connectivity index is 0.000000423. The first kappa shape index (κ1) is 24.9. The van der Waals surface area contributed by atoms with Crippen molar-refractivity contribution in [2.75, 3.05) is 25.4 Å². The molecule has 3 heterocycles. The standard InChI is InChI=1S/C17H24N2O4S.C2HF3O2/c1-2-3-7-16(20)19-12-17(13-19)14(8-10-24(17,21)22)11-23-15-6-4-5-9-18-15;3-2(4,5)1(6)7/h4-6,9,14H,2-3,7-8,10-13H2,1H3;(H,6,7). The van der Waals surface area contributed by atoms with Gasteiger partial charge in [-0.25, -0.2) is 18.2 Å². The molecule has 1 aromatic rings. The van der Waals surface area contributed by atoms with Crippen LogP contribution < -0.4 is 4.74 Å². The molecular formula is C19H25F3N2O6S. The van der Waals surface area contributed by atoms with Crippen molar-refractivity contribution in [1.29, 1.82) is 0 Å². The lowest BCUT2D eigenvalue weighted by atomic mass is 9.83. The van der Waals surface area contributed by atoms with Gasteiger partial charge >= 0.3 is 12.1 Å². The van der Waals surface area contributed by atoms with E-state index in [2.05, 4.69) is 4.98 Å². The van der Waals surface area contributed by atoms with Crippen molar-refractivity contribution in [3.63, 3.8) is 0 Å². The lowest BCUT2D eigenvalue weighted by Gasteiger charge is -2.49. The van der Waals surface area contributed by atoms with E-state index in [-0.39, 0.29) is 17.6 Å². The Morgan fingerprint density at radius 3 is 2.48 bits per heavy atom. The second-order valence-electron chi connectivity index (χ2n) is 7.50. The van der Waals surface area contributed by atoms with Crippen LogP contribution in [-0.2, 0) is 19.4 Å². The number of pyridine rings is 1. The predicted octanol–water partition coefficient (Wildman–Crippen LogP) is 2.30. The fourth-order valence-electron chi connectivity index (χ4n) is 3.59. The zero-order valence-electron chi connectivity index (χ0n) is 17.0. The van der Waals surface area contributed by atoms with Crippen LogP contribution in [0.1, 0.15) is 32.6 Å². The zero-order chi connectivity index (χ0) is 23.3. The molecule has 12 heteroatoms. The number of alkyl halides is 3. The summed E-state index contributed by atoms with van der Waals surface area (Å²) in [6.45, 7) is 2.99. The zero-order valence-corrected chi connectivity index (χ0v) is 17.8. The van der Waals surface area contributed by atoms with Gasteiger partial charge in [0.05, 0.1) is 12.4 Å². The second-order valence-corrected chi connectivity index (χ2v) is 9.96. The van der Waals surface area contributed by atoms with Crippen molar-refractivity contribution < 1.29 is 41.0 Å². The third-order valence-corrected chi connectivity index (χ3v) is 8.03.